The predicted molar refractivity (Wildman–Crippen MR) is 159 cm³/mol. The van der Waals surface area contributed by atoms with E-state index in [9.17, 15) is 48.9 Å². The Kier molecular flexibility index (Phi) is 9.04. The zero-order valence-electron chi connectivity index (χ0n) is 24.3. The quantitative estimate of drug-likeness (QED) is 0.0548. The maximum absolute atomic E-state index is 12.7. The lowest BCUT2D eigenvalue weighted by atomic mass is 10.1. The van der Waals surface area contributed by atoms with E-state index >= 15 is 0 Å². The number of anilines is 2. The number of aliphatic hydroxyl groups is 4. The molecule has 24 nitrogen and oxygen atoms in total. The highest BCUT2D eigenvalue weighted by atomic mass is 32.7. The van der Waals surface area contributed by atoms with Gasteiger partial charge in [-0.2, -0.15) is 9.29 Å². The number of H-pyrrole nitrogens is 2. The van der Waals surface area contributed by atoms with Crippen LogP contribution in [0.15, 0.2) is 22.2 Å². The molecule has 2 aliphatic rings. The number of aromatic amines is 2. The summed E-state index contributed by atoms with van der Waals surface area (Å²) in [5.41, 5.74) is 9.80. The van der Waals surface area contributed by atoms with Crippen LogP contribution in [0.2, 0.25) is 0 Å². The summed E-state index contributed by atoms with van der Waals surface area (Å²) in [4.78, 5) is 61.3. The summed E-state index contributed by atoms with van der Waals surface area (Å²) in [6.45, 7) is -5.94. The Morgan fingerprint density at radius 2 is 1.67 bits per heavy atom. The van der Waals surface area contributed by atoms with E-state index in [0.717, 1.165) is 10.9 Å². The van der Waals surface area contributed by atoms with Gasteiger partial charge in [-0.15, -0.1) is 0 Å². The normalized spacial score (nSPS) is 30.2. The topological polar surface area (TPSA) is 363 Å². The highest BCUT2D eigenvalue weighted by Gasteiger charge is 2.49. The van der Waals surface area contributed by atoms with E-state index in [1.54, 1.807) is 0 Å². The maximum atomic E-state index is 12.7. The first-order valence-electron chi connectivity index (χ1n) is 13.6. The number of aryl methyl sites for hydroxylation is 1. The van der Waals surface area contributed by atoms with Gasteiger partial charge in [0.2, 0.25) is 17.7 Å². The fraction of sp³-hybridized carbons (Fsp3) is 0.524. The number of nitrogens with one attached hydrogen (secondary N) is 2. The van der Waals surface area contributed by atoms with Gasteiger partial charge in [0.15, 0.2) is 23.7 Å². The summed E-state index contributed by atoms with van der Waals surface area (Å²) in [5.74, 6) is -1.03. The molecule has 10 atom stereocenters. The van der Waals surface area contributed by atoms with Crippen molar-refractivity contribution in [1.29, 1.82) is 0 Å². The third kappa shape index (κ3) is 6.40. The van der Waals surface area contributed by atoms with Gasteiger partial charge in [-0.05, 0) is 11.4 Å². The molecule has 6 heterocycles. The average molecular weight is 740 g/mol. The molecule has 0 bridgehead atoms. The standard InChI is InChI=1S/C21H28N10O14P2S/c1-29-5-31(15-9(29)17(37)28-21(23)26-15)19-12(34)10(32)6(43-19)2-42-46(38,39)45-47(40,41)48-3-7-11(33)13(35)18(44-7)30-4-24-8-14(30)25-20(22)27-16(8)36/h4-7,10-13,18-19,32-35H,2-3H2,1H3,(H7-,22,23,25,26,27,28,36,37,38,39,40,41)/p+1/t6-,7-,10?,11+,12+,13?,18-,19-/m1/s1. The first kappa shape index (κ1) is 34.6. The van der Waals surface area contributed by atoms with Crippen molar-refractivity contribution in [3.05, 3.63) is 33.4 Å². The first-order valence-corrected chi connectivity index (χ1v) is 18.3. The Bertz CT molecular complexity index is 2090. The molecule has 4 aromatic heterocycles. The first-order chi connectivity index (χ1) is 22.5. The summed E-state index contributed by atoms with van der Waals surface area (Å²) in [5, 5.41) is 42.3. The molecule has 4 unspecified atom stereocenters. The molecule has 12 N–H and O–H groups in total. The van der Waals surface area contributed by atoms with E-state index in [4.69, 9.17) is 25.5 Å². The van der Waals surface area contributed by atoms with Gasteiger partial charge in [0.25, 0.3) is 17.1 Å². The lowest BCUT2D eigenvalue weighted by molar-refractivity contribution is -0.745. The maximum Gasteiger partial charge on any atom is 0.480 e. The van der Waals surface area contributed by atoms with Crippen molar-refractivity contribution in [2.24, 2.45) is 7.05 Å². The van der Waals surface area contributed by atoms with Crippen LogP contribution in [0, 0.1) is 0 Å². The zero-order valence-corrected chi connectivity index (χ0v) is 26.9. The van der Waals surface area contributed by atoms with Crippen LogP contribution in [-0.2, 0) is 34.5 Å². The van der Waals surface area contributed by atoms with Crippen molar-refractivity contribution in [2.75, 3.05) is 23.8 Å². The number of phosphoric acid groups is 1. The third-order valence-electron chi connectivity index (χ3n) is 7.47. The molecule has 6 rings (SSSR count). The van der Waals surface area contributed by atoms with E-state index in [1.165, 1.54) is 22.5 Å². The molecule has 27 heteroatoms. The van der Waals surface area contributed by atoms with Crippen LogP contribution in [0.4, 0.5) is 11.9 Å². The fourth-order valence-electron chi connectivity index (χ4n) is 5.29. The number of fused-ring (bicyclic) bond motifs is 2. The van der Waals surface area contributed by atoms with Crippen LogP contribution in [0.25, 0.3) is 22.3 Å². The van der Waals surface area contributed by atoms with Gasteiger partial charge < -0.3 is 51.2 Å². The molecule has 2 saturated heterocycles. The number of nitrogens with zero attached hydrogens (tertiary/aromatic N) is 6. The Hall–Kier alpha value is -3.29. The fourth-order valence-corrected chi connectivity index (χ4v) is 9.85. The van der Waals surface area contributed by atoms with E-state index in [2.05, 4.69) is 29.2 Å². The Morgan fingerprint density at radius 3 is 2.40 bits per heavy atom. The molecular formula is C21H29N10O14P2S+. The van der Waals surface area contributed by atoms with Crippen LogP contribution >= 0.6 is 26.0 Å². The third-order valence-corrected chi connectivity index (χ3v) is 12.4. The molecule has 0 amide bonds. The van der Waals surface area contributed by atoms with Crippen molar-refractivity contribution in [1.82, 2.24) is 34.1 Å². The number of aliphatic hydroxyl groups excluding tert-OH is 4. The van der Waals surface area contributed by atoms with Gasteiger partial charge in [-0.25, -0.2) is 18.7 Å². The number of ether oxygens (including phenoxy) is 2. The lowest BCUT2D eigenvalue weighted by Gasteiger charge is -2.20. The number of phosphoric ester groups is 1. The minimum Gasteiger partial charge on any atom is -0.387 e. The SMILES string of the molecule is Cn1c[n+]([C@@H]2O[C@H](COP(=O)(O)OP(=O)(O)SC[C@H]3O[C@@H](n4cnc5c(=O)[nH]c(N)nc54)C(O)[C@H]3O)C(O)[C@@H]2O)c2nc(N)[nH]c(=O)c21. The molecule has 0 aliphatic carbocycles. The minimum atomic E-state index is -5.34. The van der Waals surface area contributed by atoms with E-state index < -0.39 is 87.2 Å². The smallest absolute Gasteiger partial charge is 0.387 e. The number of rotatable bonds is 10. The zero-order chi connectivity index (χ0) is 34.9. The van der Waals surface area contributed by atoms with Gasteiger partial charge in [0, 0.05) is 5.75 Å². The highest BCUT2D eigenvalue weighted by molar-refractivity contribution is 8.55. The van der Waals surface area contributed by atoms with Crippen molar-refractivity contribution in [2.45, 2.75) is 49.1 Å². The molecule has 0 aromatic carbocycles. The van der Waals surface area contributed by atoms with Gasteiger partial charge >= 0.3 is 20.3 Å². The molecule has 262 valence electrons. The van der Waals surface area contributed by atoms with Crippen LogP contribution < -0.4 is 27.2 Å². The summed E-state index contributed by atoms with van der Waals surface area (Å²) in [6, 6.07) is 0. The second-order valence-electron chi connectivity index (χ2n) is 10.7. The Balaban J connectivity index is 1.07. The summed E-state index contributed by atoms with van der Waals surface area (Å²) in [7, 11) is -3.83. The van der Waals surface area contributed by atoms with Crippen LogP contribution in [0.5, 0.6) is 0 Å². The monoisotopic (exact) mass is 739 g/mol. The molecule has 0 spiro atoms. The van der Waals surface area contributed by atoms with Crippen molar-refractivity contribution in [3.63, 3.8) is 0 Å². The molecule has 48 heavy (non-hydrogen) atoms. The van der Waals surface area contributed by atoms with Gasteiger partial charge in [-0.1, -0.05) is 4.98 Å². The van der Waals surface area contributed by atoms with Crippen molar-refractivity contribution in [3.8, 4) is 0 Å². The number of aromatic nitrogens is 8. The Morgan fingerprint density at radius 1 is 1.00 bits per heavy atom. The minimum absolute atomic E-state index is 0.00355. The second kappa shape index (κ2) is 12.5. The second-order valence-corrected chi connectivity index (χ2v) is 16.3. The summed E-state index contributed by atoms with van der Waals surface area (Å²) >= 11 is 0.0724. The highest BCUT2D eigenvalue weighted by Crippen LogP contribution is 2.67. The summed E-state index contributed by atoms with van der Waals surface area (Å²) in [6.07, 6.45) is -9.68. The van der Waals surface area contributed by atoms with Crippen LogP contribution in [-0.4, -0.2) is 113 Å². The van der Waals surface area contributed by atoms with Gasteiger partial charge in [0.1, 0.15) is 30.5 Å². The number of hydrogen-bond donors (Lipinski definition) is 10. The largest absolute Gasteiger partial charge is 0.480 e. The number of nitrogen functional groups attached to an aromatic ring is 2. The summed E-state index contributed by atoms with van der Waals surface area (Å²) < 4.78 is 49.5. The Labute approximate surface area is 269 Å². The predicted octanol–water partition coefficient (Wildman–Crippen LogP) is -3.95. The molecule has 4 aromatic rings. The van der Waals surface area contributed by atoms with E-state index in [1.807, 2.05) is 0 Å². The molecular weight excluding hydrogens is 710 g/mol. The van der Waals surface area contributed by atoms with Crippen molar-refractivity contribution >= 4 is 60.2 Å². The number of hydrogen-bond acceptors (Lipinski definition) is 18. The van der Waals surface area contributed by atoms with Gasteiger partial charge in [0.05, 0.1) is 26.1 Å². The number of nitrogens with two attached hydrogens (primary N) is 2. The molecule has 0 saturated carbocycles. The number of imidazole rings is 2. The average Bonchev–Trinajstić information content (AvgIpc) is 3.70. The van der Waals surface area contributed by atoms with E-state index in [0.29, 0.717) is 0 Å². The molecule has 2 aliphatic heterocycles. The molecule has 2 fully saturated rings. The van der Waals surface area contributed by atoms with Crippen LogP contribution in [0.3, 0.4) is 0 Å². The van der Waals surface area contributed by atoms with Crippen molar-refractivity contribution < 1.29 is 62.2 Å². The van der Waals surface area contributed by atoms with Gasteiger partial charge in [-0.3, -0.25) is 33.2 Å². The molecule has 0 radical (unpaired) electrons. The van der Waals surface area contributed by atoms with Crippen LogP contribution in [0.1, 0.15) is 12.5 Å². The lowest BCUT2D eigenvalue weighted by Crippen LogP contribution is -2.46. The van der Waals surface area contributed by atoms with E-state index in [-0.39, 0.29) is 45.6 Å².